The predicted octanol–water partition coefficient (Wildman–Crippen LogP) is 3.23. The summed E-state index contributed by atoms with van der Waals surface area (Å²) in [4.78, 5) is 12.1. The summed E-state index contributed by atoms with van der Waals surface area (Å²) < 4.78 is 0. The molecule has 2 aromatic carbocycles. The highest BCUT2D eigenvalue weighted by Crippen LogP contribution is 2.39. The smallest absolute Gasteiger partial charge is 0.234 e. The third-order valence-corrected chi connectivity index (χ3v) is 5.67. The van der Waals surface area contributed by atoms with Crippen LogP contribution in [0.2, 0.25) is 0 Å². The summed E-state index contributed by atoms with van der Waals surface area (Å²) in [7, 11) is 0. The van der Waals surface area contributed by atoms with E-state index in [1.165, 1.54) is 11.1 Å². The van der Waals surface area contributed by atoms with Crippen LogP contribution < -0.4 is 10.6 Å². The average Bonchev–Trinajstić information content (AvgIpc) is 3.01. The van der Waals surface area contributed by atoms with Crippen LogP contribution in [0.15, 0.2) is 42.5 Å². The van der Waals surface area contributed by atoms with E-state index in [1.54, 1.807) is 0 Å². The number of benzene rings is 2. The topological polar surface area (TPSA) is 61.4 Å². The molecule has 1 amide bonds. The molecule has 4 heteroatoms. The molecule has 1 aliphatic heterocycles. The third kappa shape index (κ3) is 2.57. The Kier molecular flexibility index (Phi) is 3.71. The zero-order chi connectivity index (χ0) is 17.8. The molecule has 1 aliphatic carbocycles. The van der Waals surface area contributed by atoms with Gasteiger partial charge in [0, 0.05) is 18.2 Å². The largest absolute Gasteiger partial charge is 0.391 e. The number of anilines is 1. The van der Waals surface area contributed by atoms with Crippen molar-refractivity contribution in [3.05, 3.63) is 64.7 Å². The lowest BCUT2D eigenvalue weighted by molar-refractivity contribution is -0.119. The van der Waals surface area contributed by atoms with Gasteiger partial charge in [-0.1, -0.05) is 36.4 Å². The Bertz CT molecular complexity index is 844. The monoisotopic (exact) mass is 336 g/mol. The lowest BCUT2D eigenvalue weighted by atomic mass is 9.85. The van der Waals surface area contributed by atoms with Crippen molar-refractivity contribution in [3.8, 4) is 0 Å². The number of aliphatic hydroxyl groups is 1. The fourth-order valence-electron chi connectivity index (χ4n) is 4.00. The van der Waals surface area contributed by atoms with Gasteiger partial charge < -0.3 is 15.7 Å². The Morgan fingerprint density at radius 2 is 2.00 bits per heavy atom. The molecule has 130 valence electrons. The van der Waals surface area contributed by atoms with Gasteiger partial charge in [0.15, 0.2) is 0 Å². The van der Waals surface area contributed by atoms with E-state index in [-0.39, 0.29) is 18.0 Å². The summed E-state index contributed by atoms with van der Waals surface area (Å²) >= 11 is 0. The molecule has 3 atom stereocenters. The summed E-state index contributed by atoms with van der Waals surface area (Å²) in [6.45, 7) is 6.01. The Labute approximate surface area is 148 Å². The van der Waals surface area contributed by atoms with Crippen LogP contribution >= 0.6 is 0 Å². The van der Waals surface area contributed by atoms with Crippen molar-refractivity contribution in [1.29, 1.82) is 0 Å². The van der Waals surface area contributed by atoms with Crippen LogP contribution in [0.25, 0.3) is 0 Å². The molecular formula is C21H24N2O2. The number of hydrogen-bond acceptors (Lipinski definition) is 3. The normalized spacial score (nSPS) is 24.6. The highest BCUT2D eigenvalue weighted by atomic mass is 16.3. The standard InChI is InChI=1S/C21H24N2O2/c1-12(22-19-15-7-5-4-6-14(15)11-18(19)24)13-8-9-17-16(10-13)21(2,3)20(25)23-17/h4-10,12,18-19,22,24H,11H2,1-3H3,(H,23,25). The number of nitrogens with one attached hydrogen (secondary N) is 2. The fourth-order valence-corrected chi connectivity index (χ4v) is 4.00. The molecule has 0 saturated carbocycles. The molecule has 2 aromatic rings. The summed E-state index contributed by atoms with van der Waals surface area (Å²) in [5.41, 5.74) is 4.95. The highest BCUT2D eigenvalue weighted by Gasteiger charge is 2.39. The minimum absolute atomic E-state index is 0.0420. The first-order valence-corrected chi connectivity index (χ1v) is 8.85. The molecule has 1 heterocycles. The van der Waals surface area contributed by atoms with Gasteiger partial charge in [0.2, 0.25) is 5.91 Å². The lowest BCUT2D eigenvalue weighted by Gasteiger charge is -2.24. The number of carbonyl (C=O) groups is 1. The number of rotatable bonds is 3. The second-order valence-electron chi connectivity index (χ2n) is 7.72. The van der Waals surface area contributed by atoms with Crippen LogP contribution in [0, 0.1) is 0 Å². The predicted molar refractivity (Wildman–Crippen MR) is 98.5 cm³/mol. The molecule has 0 radical (unpaired) electrons. The van der Waals surface area contributed by atoms with Crippen LogP contribution in [-0.2, 0) is 16.6 Å². The van der Waals surface area contributed by atoms with Crippen molar-refractivity contribution >= 4 is 11.6 Å². The first-order valence-electron chi connectivity index (χ1n) is 8.85. The van der Waals surface area contributed by atoms with Crippen LogP contribution in [0.1, 0.15) is 55.1 Å². The van der Waals surface area contributed by atoms with Crippen LogP contribution in [0.3, 0.4) is 0 Å². The molecule has 0 fully saturated rings. The lowest BCUT2D eigenvalue weighted by Crippen LogP contribution is -2.31. The van der Waals surface area contributed by atoms with E-state index in [4.69, 9.17) is 0 Å². The molecule has 25 heavy (non-hydrogen) atoms. The molecule has 0 aromatic heterocycles. The molecular weight excluding hydrogens is 312 g/mol. The first-order chi connectivity index (χ1) is 11.9. The quantitative estimate of drug-likeness (QED) is 0.806. The Morgan fingerprint density at radius 3 is 2.80 bits per heavy atom. The van der Waals surface area contributed by atoms with E-state index in [0.717, 1.165) is 16.8 Å². The van der Waals surface area contributed by atoms with Gasteiger partial charge in [-0.3, -0.25) is 4.79 Å². The summed E-state index contributed by atoms with van der Waals surface area (Å²) in [5.74, 6) is 0.0420. The molecule has 4 nitrogen and oxygen atoms in total. The van der Waals surface area contributed by atoms with Gasteiger partial charge in [0.25, 0.3) is 0 Å². The van der Waals surface area contributed by atoms with Gasteiger partial charge in [-0.2, -0.15) is 0 Å². The van der Waals surface area contributed by atoms with Crippen molar-refractivity contribution in [1.82, 2.24) is 5.32 Å². The van der Waals surface area contributed by atoms with Crippen LogP contribution in [0.5, 0.6) is 0 Å². The van der Waals surface area contributed by atoms with E-state index in [1.807, 2.05) is 38.1 Å². The van der Waals surface area contributed by atoms with Gasteiger partial charge in [0.1, 0.15) is 0 Å². The fraction of sp³-hybridized carbons (Fsp3) is 0.381. The van der Waals surface area contributed by atoms with Crippen molar-refractivity contribution in [2.75, 3.05) is 5.32 Å². The maximum Gasteiger partial charge on any atom is 0.234 e. The molecule has 0 saturated heterocycles. The van der Waals surface area contributed by atoms with Crippen molar-refractivity contribution in [3.63, 3.8) is 0 Å². The number of aliphatic hydroxyl groups excluding tert-OH is 1. The zero-order valence-corrected chi connectivity index (χ0v) is 14.8. The minimum Gasteiger partial charge on any atom is -0.391 e. The number of carbonyl (C=O) groups excluding carboxylic acids is 1. The van der Waals surface area contributed by atoms with E-state index >= 15 is 0 Å². The second-order valence-corrected chi connectivity index (χ2v) is 7.72. The maximum atomic E-state index is 12.1. The van der Waals surface area contributed by atoms with E-state index in [2.05, 4.69) is 35.8 Å². The Balaban J connectivity index is 1.60. The van der Waals surface area contributed by atoms with E-state index in [0.29, 0.717) is 6.42 Å². The summed E-state index contributed by atoms with van der Waals surface area (Å²) in [6.07, 6.45) is 0.282. The minimum atomic E-state index is -0.509. The molecule has 3 N–H and O–H groups in total. The second kappa shape index (κ2) is 5.68. The molecule has 3 unspecified atom stereocenters. The number of fused-ring (bicyclic) bond motifs is 2. The molecule has 0 bridgehead atoms. The van der Waals surface area contributed by atoms with Gasteiger partial charge in [-0.25, -0.2) is 0 Å². The van der Waals surface area contributed by atoms with Crippen molar-refractivity contribution in [2.45, 2.75) is 50.8 Å². The van der Waals surface area contributed by atoms with E-state index in [9.17, 15) is 9.90 Å². The summed E-state index contributed by atoms with van der Waals surface area (Å²) in [5, 5.41) is 17.0. The highest BCUT2D eigenvalue weighted by molar-refractivity contribution is 6.05. The number of hydrogen-bond donors (Lipinski definition) is 3. The van der Waals surface area contributed by atoms with Gasteiger partial charge in [-0.15, -0.1) is 0 Å². The summed E-state index contributed by atoms with van der Waals surface area (Å²) in [6, 6.07) is 14.4. The van der Waals surface area contributed by atoms with Gasteiger partial charge >= 0.3 is 0 Å². The first kappa shape index (κ1) is 16.3. The molecule has 4 rings (SSSR count). The average molecular weight is 336 g/mol. The Hall–Kier alpha value is -2.17. The number of amides is 1. The Morgan fingerprint density at radius 1 is 1.24 bits per heavy atom. The SMILES string of the molecule is CC(NC1c2ccccc2CC1O)c1ccc2c(c1)C(C)(C)C(=O)N2. The van der Waals surface area contributed by atoms with Crippen LogP contribution in [0.4, 0.5) is 5.69 Å². The molecule has 0 spiro atoms. The van der Waals surface area contributed by atoms with Crippen LogP contribution in [-0.4, -0.2) is 17.1 Å². The van der Waals surface area contributed by atoms with Gasteiger partial charge in [0.05, 0.1) is 17.6 Å². The zero-order valence-electron chi connectivity index (χ0n) is 14.8. The molecule has 2 aliphatic rings. The van der Waals surface area contributed by atoms with E-state index < -0.39 is 11.5 Å². The van der Waals surface area contributed by atoms with Crippen molar-refractivity contribution in [2.24, 2.45) is 0 Å². The third-order valence-electron chi connectivity index (χ3n) is 5.67. The van der Waals surface area contributed by atoms with Gasteiger partial charge in [-0.05, 0) is 49.1 Å². The van der Waals surface area contributed by atoms with Crippen molar-refractivity contribution < 1.29 is 9.90 Å². The maximum absolute atomic E-state index is 12.1.